The van der Waals surface area contributed by atoms with Crippen molar-refractivity contribution >= 4 is 0 Å². The van der Waals surface area contributed by atoms with Gasteiger partial charge in [0, 0.05) is 42.8 Å². The smallest absolute Gasteiger partial charge is 0.231 e. The molecule has 3 aromatic rings. The number of rotatable bonds is 8. The van der Waals surface area contributed by atoms with Crippen LogP contribution in [0.4, 0.5) is 0 Å². The molecule has 0 saturated heterocycles. The van der Waals surface area contributed by atoms with E-state index >= 15 is 0 Å². The highest BCUT2D eigenvalue weighted by Crippen LogP contribution is 2.33. The van der Waals surface area contributed by atoms with Crippen LogP contribution in [0, 0.1) is 13.8 Å². The Kier molecular flexibility index (Phi) is 6.20. The minimum Gasteiger partial charge on any atom is -0.497 e. The first kappa shape index (κ1) is 21.3. The molecule has 0 radical (unpaired) electrons. The van der Waals surface area contributed by atoms with Gasteiger partial charge >= 0.3 is 0 Å². The molecule has 31 heavy (non-hydrogen) atoms. The Hall–Kier alpha value is -2.96. The van der Waals surface area contributed by atoms with E-state index in [9.17, 15) is 5.11 Å². The molecule has 4 rings (SSSR count). The lowest BCUT2D eigenvalue weighted by atomic mass is 10.1. The molecule has 1 aliphatic rings. The molecule has 0 fully saturated rings. The van der Waals surface area contributed by atoms with Gasteiger partial charge in [0.05, 0.1) is 13.2 Å². The molecule has 0 unspecified atom stereocenters. The molecule has 2 aromatic carbocycles. The van der Waals surface area contributed by atoms with Gasteiger partial charge < -0.3 is 23.9 Å². The van der Waals surface area contributed by atoms with Crippen molar-refractivity contribution in [1.82, 2.24) is 9.47 Å². The summed E-state index contributed by atoms with van der Waals surface area (Å²) in [5, 5.41) is 10.1. The Morgan fingerprint density at radius 1 is 1.06 bits per heavy atom. The zero-order chi connectivity index (χ0) is 22.0. The second-order valence-electron chi connectivity index (χ2n) is 8.14. The van der Waals surface area contributed by atoms with Crippen LogP contribution in [-0.2, 0) is 13.1 Å². The second-order valence-corrected chi connectivity index (χ2v) is 8.14. The minimum atomic E-state index is -0.420. The van der Waals surface area contributed by atoms with Gasteiger partial charge in [-0.25, -0.2) is 0 Å². The first-order chi connectivity index (χ1) is 14.9. The van der Waals surface area contributed by atoms with Crippen molar-refractivity contribution in [2.45, 2.75) is 40.0 Å². The van der Waals surface area contributed by atoms with Gasteiger partial charge in [0.2, 0.25) is 6.79 Å². The molecule has 0 bridgehead atoms. The van der Waals surface area contributed by atoms with Gasteiger partial charge in [0.1, 0.15) is 5.75 Å². The van der Waals surface area contributed by atoms with Gasteiger partial charge in [0.25, 0.3) is 0 Å². The Morgan fingerprint density at radius 2 is 1.87 bits per heavy atom. The zero-order valence-electron chi connectivity index (χ0n) is 18.6. The average molecular weight is 423 g/mol. The molecule has 164 valence electrons. The fourth-order valence-electron chi connectivity index (χ4n) is 4.23. The number of ether oxygens (including phenoxy) is 3. The number of aliphatic hydroxyl groups excluding tert-OH is 1. The number of methoxy groups -OCH3 is 1. The molecule has 6 nitrogen and oxygen atoms in total. The minimum absolute atomic E-state index is 0.270. The van der Waals surface area contributed by atoms with Gasteiger partial charge in [-0.3, -0.25) is 4.90 Å². The number of hydrogen-bond acceptors (Lipinski definition) is 5. The maximum Gasteiger partial charge on any atom is 0.231 e. The normalized spacial score (nSPS) is 13.6. The van der Waals surface area contributed by atoms with Crippen LogP contribution in [0.5, 0.6) is 17.2 Å². The summed E-state index contributed by atoms with van der Waals surface area (Å²) in [6.07, 6.45) is -0.420. The van der Waals surface area contributed by atoms with E-state index in [1.807, 2.05) is 37.3 Å². The van der Waals surface area contributed by atoms with Crippen LogP contribution in [0.15, 0.2) is 48.5 Å². The van der Waals surface area contributed by atoms with Gasteiger partial charge in [-0.2, -0.15) is 0 Å². The molecule has 0 amide bonds. The van der Waals surface area contributed by atoms with Gasteiger partial charge in [-0.15, -0.1) is 0 Å². The number of aromatic nitrogens is 1. The molecule has 0 saturated carbocycles. The number of benzene rings is 2. The van der Waals surface area contributed by atoms with Crippen molar-refractivity contribution in [1.29, 1.82) is 0 Å². The lowest BCUT2D eigenvalue weighted by Gasteiger charge is -2.24. The van der Waals surface area contributed by atoms with Crippen LogP contribution in [0.3, 0.4) is 0 Å². The molecule has 0 spiro atoms. The van der Waals surface area contributed by atoms with Gasteiger partial charge in [-0.1, -0.05) is 12.1 Å². The van der Waals surface area contributed by atoms with E-state index in [0.717, 1.165) is 35.0 Å². The summed E-state index contributed by atoms with van der Waals surface area (Å²) in [7, 11) is 1.68. The quantitative estimate of drug-likeness (QED) is 0.589. The Morgan fingerprint density at radius 3 is 2.65 bits per heavy atom. The molecule has 2 heterocycles. The third-order valence-electron chi connectivity index (χ3n) is 5.61. The summed E-state index contributed by atoms with van der Waals surface area (Å²) in [6, 6.07) is 16.4. The molecule has 6 heteroatoms. The van der Waals surface area contributed by atoms with Crippen molar-refractivity contribution in [2.24, 2.45) is 0 Å². The van der Waals surface area contributed by atoms with Crippen LogP contribution in [-0.4, -0.2) is 41.1 Å². The zero-order valence-corrected chi connectivity index (χ0v) is 18.6. The predicted molar refractivity (Wildman–Crippen MR) is 120 cm³/mol. The third-order valence-corrected chi connectivity index (χ3v) is 5.61. The van der Waals surface area contributed by atoms with Crippen molar-refractivity contribution in [2.75, 3.05) is 20.4 Å². The fourth-order valence-corrected chi connectivity index (χ4v) is 4.23. The van der Waals surface area contributed by atoms with E-state index in [1.54, 1.807) is 7.11 Å². The highest BCUT2D eigenvalue weighted by Gasteiger charge is 2.18. The monoisotopic (exact) mass is 422 g/mol. The number of aliphatic hydroxyl groups is 1. The van der Waals surface area contributed by atoms with E-state index in [-0.39, 0.29) is 6.79 Å². The molecular weight excluding hydrogens is 392 g/mol. The first-order valence-corrected chi connectivity index (χ1v) is 10.6. The van der Waals surface area contributed by atoms with E-state index < -0.39 is 6.10 Å². The standard InChI is InChI=1S/C25H30N2O4/c1-17-10-21(19(3)27(17)22-6-5-7-23(12-22)29-4)15-26(13-18(2)28)14-20-8-9-24-25(11-20)31-16-30-24/h5-12,18,28H,13-16H2,1-4H3/t18-/m0/s1. The Balaban J connectivity index is 1.58. The van der Waals surface area contributed by atoms with Gasteiger partial charge in [0.15, 0.2) is 11.5 Å². The van der Waals surface area contributed by atoms with Crippen LogP contribution in [0.1, 0.15) is 29.4 Å². The van der Waals surface area contributed by atoms with Crippen molar-refractivity contribution < 1.29 is 19.3 Å². The van der Waals surface area contributed by atoms with Crippen molar-refractivity contribution in [3.05, 3.63) is 71.0 Å². The molecular formula is C25H30N2O4. The maximum atomic E-state index is 10.1. The number of fused-ring (bicyclic) bond motifs is 1. The van der Waals surface area contributed by atoms with Crippen LogP contribution in [0.25, 0.3) is 5.69 Å². The van der Waals surface area contributed by atoms with Gasteiger partial charge in [-0.05, 0) is 62.2 Å². The summed E-state index contributed by atoms with van der Waals surface area (Å²) in [6.45, 7) is 8.39. The van der Waals surface area contributed by atoms with Crippen molar-refractivity contribution in [3.63, 3.8) is 0 Å². The summed E-state index contributed by atoms with van der Waals surface area (Å²) in [5.74, 6) is 2.41. The van der Waals surface area contributed by atoms with Crippen molar-refractivity contribution in [3.8, 4) is 22.9 Å². The predicted octanol–water partition coefficient (Wildman–Crippen LogP) is 4.21. The van der Waals surface area contributed by atoms with Crippen LogP contribution in [0.2, 0.25) is 0 Å². The summed E-state index contributed by atoms with van der Waals surface area (Å²) in [4.78, 5) is 2.26. The van der Waals surface area contributed by atoms with E-state index in [2.05, 4.69) is 41.5 Å². The maximum absolute atomic E-state index is 10.1. The molecule has 1 N–H and O–H groups in total. The highest BCUT2D eigenvalue weighted by molar-refractivity contribution is 5.46. The largest absolute Gasteiger partial charge is 0.497 e. The highest BCUT2D eigenvalue weighted by atomic mass is 16.7. The van der Waals surface area contributed by atoms with E-state index in [4.69, 9.17) is 14.2 Å². The summed E-state index contributed by atoms with van der Waals surface area (Å²) >= 11 is 0. The number of aryl methyl sites for hydroxylation is 1. The summed E-state index contributed by atoms with van der Waals surface area (Å²) < 4.78 is 18.6. The number of hydrogen-bond donors (Lipinski definition) is 1. The lowest BCUT2D eigenvalue weighted by molar-refractivity contribution is 0.118. The lowest BCUT2D eigenvalue weighted by Crippen LogP contribution is -2.30. The average Bonchev–Trinajstić information content (AvgIpc) is 3.31. The summed E-state index contributed by atoms with van der Waals surface area (Å²) in [5.41, 5.74) is 5.81. The van der Waals surface area contributed by atoms with Crippen LogP contribution < -0.4 is 14.2 Å². The molecule has 0 aliphatic carbocycles. The van der Waals surface area contributed by atoms with E-state index in [1.165, 1.54) is 17.0 Å². The fraction of sp³-hybridized carbons (Fsp3) is 0.360. The topological polar surface area (TPSA) is 56.1 Å². The first-order valence-electron chi connectivity index (χ1n) is 10.6. The third kappa shape index (κ3) is 4.70. The molecule has 1 aliphatic heterocycles. The Bertz CT molecular complexity index is 1060. The van der Waals surface area contributed by atoms with Crippen LogP contribution >= 0.6 is 0 Å². The Labute approximate surface area is 183 Å². The number of nitrogens with zero attached hydrogens (tertiary/aromatic N) is 2. The molecule has 1 aromatic heterocycles. The second kappa shape index (κ2) is 9.04. The molecule has 1 atom stereocenters. The van der Waals surface area contributed by atoms with E-state index in [0.29, 0.717) is 13.1 Å². The SMILES string of the molecule is COc1cccc(-n2c(C)cc(CN(Cc3ccc4c(c3)OCO4)C[C@H](C)O)c2C)c1.